The van der Waals surface area contributed by atoms with Gasteiger partial charge in [0, 0.05) is 25.6 Å². The molecular weight excluding hydrogens is 395 g/mol. The van der Waals surface area contributed by atoms with Crippen LogP contribution in [0.15, 0.2) is 47.4 Å². The summed E-state index contributed by atoms with van der Waals surface area (Å²) >= 11 is 0. The Balaban J connectivity index is 1.57. The van der Waals surface area contributed by atoms with Crippen LogP contribution in [0.1, 0.15) is 24.0 Å². The molecule has 0 aliphatic carbocycles. The van der Waals surface area contributed by atoms with Gasteiger partial charge in [0.15, 0.2) is 0 Å². The summed E-state index contributed by atoms with van der Waals surface area (Å²) in [5, 5.41) is 2.85. The lowest BCUT2D eigenvalue weighted by Crippen LogP contribution is -2.42. The third-order valence-corrected chi connectivity index (χ3v) is 7.10. The summed E-state index contributed by atoms with van der Waals surface area (Å²) in [5.74, 6) is -0.0210. The smallest absolute Gasteiger partial charge is 0.243 e. The Morgan fingerprint density at radius 2 is 1.83 bits per heavy atom. The van der Waals surface area contributed by atoms with Gasteiger partial charge < -0.3 is 10.1 Å². The van der Waals surface area contributed by atoms with E-state index in [1.807, 2.05) is 0 Å². The van der Waals surface area contributed by atoms with Crippen LogP contribution in [0, 0.1) is 18.7 Å². The Morgan fingerprint density at radius 1 is 1.17 bits per heavy atom. The maximum Gasteiger partial charge on any atom is 0.243 e. The van der Waals surface area contributed by atoms with Gasteiger partial charge in [-0.25, -0.2) is 12.8 Å². The molecule has 0 unspecified atom stereocenters. The quantitative estimate of drug-likeness (QED) is 0.780. The number of benzene rings is 2. The van der Waals surface area contributed by atoms with Crippen molar-refractivity contribution in [2.24, 2.45) is 5.92 Å². The average molecular weight is 421 g/mol. The molecule has 1 amide bonds. The summed E-state index contributed by atoms with van der Waals surface area (Å²) in [6, 6.07) is 10.8. The van der Waals surface area contributed by atoms with Gasteiger partial charge in [-0.1, -0.05) is 12.1 Å². The molecule has 6 nitrogen and oxygen atoms in total. The van der Waals surface area contributed by atoms with Crippen LogP contribution in [0.2, 0.25) is 0 Å². The number of hydrogen-bond acceptors (Lipinski definition) is 4. The molecule has 1 saturated heterocycles. The maximum atomic E-state index is 12.9. The number of halogens is 1. The lowest BCUT2D eigenvalue weighted by atomic mass is 9.97. The lowest BCUT2D eigenvalue weighted by Gasteiger charge is -2.30. The van der Waals surface area contributed by atoms with E-state index in [2.05, 4.69) is 5.32 Å². The van der Waals surface area contributed by atoms with Gasteiger partial charge in [-0.15, -0.1) is 0 Å². The summed E-state index contributed by atoms with van der Waals surface area (Å²) in [6.07, 6.45) is 0.924. The first-order valence-electron chi connectivity index (χ1n) is 9.48. The second kappa shape index (κ2) is 8.92. The van der Waals surface area contributed by atoms with Crippen LogP contribution in [-0.4, -0.2) is 38.8 Å². The number of rotatable bonds is 6. The van der Waals surface area contributed by atoms with Crippen LogP contribution >= 0.6 is 0 Å². The number of amides is 1. The normalized spacial score (nSPS) is 15.8. The average Bonchev–Trinajstić information content (AvgIpc) is 2.73. The van der Waals surface area contributed by atoms with E-state index in [1.54, 1.807) is 44.4 Å². The number of nitrogens with one attached hydrogen (secondary N) is 1. The van der Waals surface area contributed by atoms with Crippen molar-refractivity contribution < 1.29 is 22.3 Å². The number of carbonyl (C=O) groups is 1. The molecule has 156 valence electrons. The van der Waals surface area contributed by atoms with Crippen molar-refractivity contribution in [2.75, 3.05) is 20.2 Å². The van der Waals surface area contributed by atoms with E-state index in [0.717, 1.165) is 11.1 Å². The van der Waals surface area contributed by atoms with E-state index in [1.165, 1.54) is 16.4 Å². The highest BCUT2D eigenvalue weighted by molar-refractivity contribution is 7.89. The summed E-state index contributed by atoms with van der Waals surface area (Å²) in [4.78, 5) is 12.6. The zero-order valence-electron chi connectivity index (χ0n) is 16.5. The molecule has 0 saturated carbocycles. The minimum absolute atomic E-state index is 0.105. The van der Waals surface area contributed by atoms with Crippen molar-refractivity contribution in [2.45, 2.75) is 31.2 Å². The predicted molar refractivity (Wildman–Crippen MR) is 107 cm³/mol. The lowest BCUT2D eigenvalue weighted by molar-refractivity contribution is -0.126. The topological polar surface area (TPSA) is 75.7 Å². The molecule has 0 spiro atoms. The minimum atomic E-state index is -3.61. The number of ether oxygens (including phenoxy) is 1. The van der Waals surface area contributed by atoms with Crippen molar-refractivity contribution in [3.63, 3.8) is 0 Å². The monoisotopic (exact) mass is 420 g/mol. The first-order valence-corrected chi connectivity index (χ1v) is 10.9. The van der Waals surface area contributed by atoms with Gasteiger partial charge in [-0.2, -0.15) is 4.31 Å². The van der Waals surface area contributed by atoms with E-state index in [-0.39, 0.29) is 22.5 Å². The molecular formula is C21H25FN2O4S. The standard InChI is InChI=1S/C21H25FN2O4S/c1-15-13-19(7-8-20(15)28-2)29(26,27)24-11-9-17(10-12-24)21(25)23-14-16-3-5-18(22)6-4-16/h3-8,13,17H,9-12,14H2,1-2H3,(H,23,25). The maximum absolute atomic E-state index is 12.9. The van der Waals surface area contributed by atoms with Crippen molar-refractivity contribution >= 4 is 15.9 Å². The molecule has 0 bridgehead atoms. The van der Waals surface area contributed by atoms with E-state index in [9.17, 15) is 17.6 Å². The second-order valence-electron chi connectivity index (χ2n) is 7.15. The van der Waals surface area contributed by atoms with E-state index in [4.69, 9.17) is 4.74 Å². The predicted octanol–water partition coefficient (Wildman–Crippen LogP) is 2.86. The second-order valence-corrected chi connectivity index (χ2v) is 9.09. The SMILES string of the molecule is COc1ccc(S(=O)(=O)N2CCC(C(=O)NCc3ccc(F)cc3)CC2)cc1C. The van der Waals surface area contributed by atoms with Crippen molar-refractivity contribution in [3.05, 3.63) is 59.4 Å². The molecule has 1 N–H and O–H groups in total. The van der Waals surface area contributed by atoms with Crippen LogP contribution < -0.4 is 10.1 Å². The molecule has 0 radical (unpaired) electrons. The van der Waals surface area contributed by atoms with Gasteiger partial charge in [0.05, 0.1) is 12.0 Å². The third-order valence-electron chi connectivity index (χ3n) is 5.21. The molecule has 8 heteroatoms. The Morgan fingerprint density at radius 3 is 2.41 bits per heavy atom. The highest BCUT2D eigenvalue weighted by Crippen LogP contribution is 2.27. The van der Waals surface area contributed by atoms with Crippen molar-refractivity contribution in [1.82, 2.24) is 9.62 Å². The molecule has 1 heterocycles. The fourth-order valence-electron chi connectivity index (χ4n) is 3.45. The van der Waals surface area contributed by atoms with E-state index >= 15 is 0 Å². The molecule has 3 rings (SSSR count). The van der Waals surface area contributed by atoms with Crippen LogP contribution in [0.3, 0.4) is 0 Å². The van der Waals surface area contributed by atoms with Crippen LogP contribution in [0.4, 0.5) is 4.39 Å². The summed E-state index contributed by atoms with van der Waals surface area (Å²) in [5.41, 5.74) is 1.57. The van der Waals surface area contributed by atoms with Crippen LogP contribution in [0.25, 0.3) is 0 Å². The highest BCUT2D eigenvalue weighted by Gasteiger charge is 2.32. The van der Waals surface area contributed by atoms with Gasteiger partial charge in [0.25, 0.3) is 0 Å². The minimum Gasteiger partial charge on any atom is -0.496 e. The van der Waals surface area contributed by atoms with Gasteiger partial charge >= 0.3 is 0 Å². The van der Waals surface area contributed by atoms with Gasteiger partial charge in [-0.3, -0.25) is 4.79 Å². The fraction of sp³-hybridized carbons (Fsp3) is 0.381. The molecule has 1 fully saturated rings. The van der Waals surface area contributed by atoms with Gasteiger partial charge in [0.2, 0.25) is 15.9 Å². The molecule has 1 aliphatic heterocycles. The highest BCUT2D eigenvalue weighted by atomic mass is 32.2. The molecule has 0 aromatic heterocycles. The van der Waals surface area contributed by atoms with E-state index < -0.39 is 10.0 Å². The van der Waals surface area contributed by atoms with Gasteiger partial charge in [0.1, 0.15) is 11.6 Å². The number of aryl methyl sites for hydroxylation is 1. The van der Waals surface area contributed by atoms with Crippen LogP contribution in [-0.2, 0) is 21.4 Å². The first-order chi connectivity index (χ1) is 13.8. The van der Waals surface area contributed by atoms with Crippen LogP contribution in [0.5, 0.6) is 5.75 Å². The Kier molecular flexibility index (Phi) is 6.54. The molecule has 0 atom stereocenters. The molecule has 2 aromatic rings. The number of methoxy groups -OCH3 is 1. The first kappa shape index (κ1) is 21.3. The fourth-order valence-corrected chi connectivity index (χ4v) is 5.01. The van der Waals surface area contributed by atoms with E-state index in [0.29, 0.717) is 38.2 Å². The summed E-state index contributed by atoms with van der Waals surface area (Å²) < 4.78 is 45.4. The largest absolute Gasteiger partial charge is 0.496 e. The van der Waals surface area contributed by atoms with Gasteiger partial charge in [-0.05, 0) is 61.2 Å². The molecule has 1 aliphatic rings. The number of piperidine rings is 1. The zero-order valence-corrected chi connectivity index (χ0v) is 17.3. The Labute approximate surface area is 170 Å². The molecule has 2 aromatic carbocycles. The number of hydrogen-bond donors (Lipinski definition) is 1. The number of nitrogens with zero attached hydrogens (tertiary/aromatic N) is 1. The van der Waals surface area contributed by atoms with Crippen molar-refractivity contribution in [3.8, 4) is 5.75 Å². The summed E-state index contributed by atoms with van der Waals surface area (Å²) in [7, 11) is -2.06. The Bertz CT molecular complexity index is 969. The number of sulfonamides is 1. The zero-order chi connectivity index (χ0) is 21.0. The third kappa shape index (κ3) is 4.94. The Hall–Kier alpha value is -2.45. The summed E-state index contributed by atoms with van der Waals surface area (Å²) in [6.45, 7) is 2.71. The number of carbonyl (C=O) groups excluding carboxylic acids is 1. The molecule has 29 heavy (non-hydrogen) atoms. The van der Waals surface area contributed by atoms with Crippen molar-refractivity contribution in [1.29, 1.82) is 0 Å².